The van der Waals surface area contributed by atoms with Crippen molar-refractivity contribution in [1.29, 1.82) is 0 Å². The first-order valence-electron chi connectivity index (χ1n) is 4.88. The summed E-state index contributed by atoms with van der Waals surface area (Å²) in [4.78, 5) is 7.61. The van der Waals surface area contributed by atoms with E-state index in [2.05, 4.69) is 9.97 Å². The van der Waals surface area contributed by atoms with E-state index in [0.717, 1.165) is 28.5 Å². The van der Waals surface area contributed by atoms with Gasteiger partial charge in [0.15, 0.2) is 0 Å². The van der Waals surface area contributed by atoms with E-state index < -0.39 is 0 Å². The number of benzene rings is 1. The normalized spacial score (nSPS) is 12.9. The SMILES string of the molecule is NCc1nc2c([nH]1)COc1ccccc1-2. The third kappa shape index (κ3) is 1.22. The summed E-state index contributed by atoms with van der Waals surface area (Å²) in [5, 5.41) is 0. The number of ether oxygens (including phenoxy) is 1. The van der Waals surface area contributed by atoms with Crippen LogP contribution in [0.5, 0.6) is 5.75 Å². The number of hydrogen-bond acceptors (Lipinski definition) is 3. The van der Waals surface area contributed by atoms with Crippen LogP contribution in [0.25, 0.3) is 11.3 Å². The highest BCUT2D eigenvalue weighted by atomic mass is 16.5. The van der Waals surface area contributed by atoms with E-state index in [4.69, 9.17) is 10.5 Å². The molecule has 3 rings (SSSR count). The minimum absolute atomic E-state index is 0.426. The Kier molecular flexibility index (Phi) is 1.76. The third-order valence-corrected chi connectivity index (χ3v) is 2.54. The van der Waals surface area contributed by atoms with E-state index in [1.807, 2.05) is 24.3 Å². The van der Waals surface area contributed by atoms with Crippen LogP contribution in [0.1, 0.15) is 11.5 Å². The molecule has 4 heteroatoms. The summed E-state index contributed by atoms with van der Waals surface area (Å²) in [6, 6.07) is 7.90. The minimum atomic E-state index is 0.426. The van der Waals surface area contributed by atoms with Crippen molar-refractivity contribution in [3.8, 4) is 17.0 Å². The van der Waals surface area contributed by atoms with E-state index in [9.17, 15) is 0 Å². The van der Waals surface area contributed by atoms with Gasteiger partial charge in [-0.05, 0) is 12.1 Å². The molecule has 0 saturated heterocycles. The van der Waals surface area contributed by atoms with Crippen LogP contribution in [0.4, 0.5) is 0 Å². The first-order chi connectivity index (χ1) is 7.38. The zero-order valence-corrected chi connectivity index (χ0v) is 8.16. The number of nitrogens with one attached hydrogen (secondary N) is 1. The number of nitrogens with two attached hydrogens (primary N) is 1. The second-order valence-corrected chi connectivity index (χ2v) is 3.50. The molecule has 4 nitrogen and oxygen atoms in total. The Morgan fingerprint density at radius 1 is 1.40 bits per heavy atom. The number of H-pyrrole nitrogens is 1. The van der Waals surface area contributed by atoms with Gasteiger partial charge in [0.1, 0.15) is 18.2 Å². The van der Waals surface area contributed by atoms with Crippen LogP contribution in [-0.4, -0.2) is 9.97 Å². The Balaban J connectivity index is 2.20. The molecule has 76 valence electrons. The molecule has 0 unspecified atom stereocenters. The quantitative estimate of drug-likeness (QED) is 0.733. The van der Waals surface area contributed by atoms with Crippen LogP contribution in [-0.2, 0) is 13.2 Å². The second kappa shape index (κ2) is 3.10. The lowest BCUT2D eigenvalue weighted by Crippen LogP contribution is -2.04. The summed E-state index contributed by atoms with van der Waals surface area (Å²) in [6.45, 7) is 0.967. The van der Waals surface area contributed by atoms with Gasteiger partial charge in [0, 0.05) is 5.56 Å². The third-order valence-electron chi connectivity index (χ3n) is 2.54. The lowest BCUT2D eigenvalue weighted by molar-refractivity contribution is 0.297. The summed E-state index contributed by atoms with van der Waals surface area (Å²) < 4.78 is 5.60. The largest absolute Gasteiger partial charge is 0.487 e. The molecule has 2 heterocycles. The lowest BCUT2D eigenvalue weighted by atomic mass is 10.1. The van der Waals surface area contributed by atoms with E-state index in [0.29, 0.717) is 13.2 Å². The van der Waals surface area contributed by atoms with Crippen molar-refractivity contribution >= 4 is 0 Å². The molecule has 0 aliphatic carbocycles. The molecule has 0 radical (unpaired) electrons. The van der Waals surface area contributed by atoms with Gasteiger partial charge in [-0.15, -0.1) is 0 Å². The fourth-order valence-electron chi connectivity index (χ4n) is 1.83. The van der Waals surface area contributed by atoms with Crippen molar-refractivity contribution < 1.29 is 4.74 Å². The van der Waals surface area contributed by atoms with Crippen molar-refractivity contribution in [3.05, 3.63) is 35.8 Å². The molecule has 15 heavy (non-hydrogen) atoms. The monoisotopic (exact) mass is 201 g/mol. The first-order valence-corrected chi connectivity index (χ1v) is 4.88. The van der Waals surface area contributed by atoms with Crippen LogP contribution in [0.3, 0.4) is 0 Å². The molecule has 0 spiro atoms. The molecule has 1 aliphatic rings. The summed E-state index contributed by atoms with van der Waals surface area (Å²) in [7, 11) is 0. The van der Waals surface area contributed by atoms with Crippen molar-refractivity contribution in [2.45, 2.75) is 13.2 Å². The predicted octanol–water partition coefficient (Wildman–Crippen LogP) is 1.43. The number of imidazole rings is 1. The summed E-state index contributed by atoms with van der Waals surface area (Å²) in [6.07, 6.45) is 0. The standard InChI is InChI=1S/C11H11N3O/c12-5-10-13-8-6-15-9-4-2-1-3-7(9)11(8)14-10/h1-4H,5-6,12H2,(H,13,14). The predicted molar refractivity (Wildman–Crippen MR) is 56.2 cm³/mol. The number of aromatic nitrogens is 2. The van der Waals surface area contributed by atoms with Gasteiger partial charge < -0.3 is 15.5 Å². The Morgan fingerprint density at radius 3 is 3.13 bits per heavy atom. The highest BCUT2D eigenvalue weighted by Gasteiger charge is 2.20. The van der Waals surface area contributed by atoms with Crippen LogP contribution in [0.2, 0.25) is 0 Å². The van der Waals surface area contributed by atoms with Gasteiger partial charge in [-0.2, -0.15) is 0 Å². The molecule has 3 N–H and O–H groups in total. The molecule has 1 aromatic carbocycles. The van der Waals surface area contributed by atoms with Crippen molar-refractivity contribution in [1.82, 2.24) is 9.97 Å². The van der Waals surface area contributed by atoms with Crippen molar-refractivity contribution in [2.75, 3.05) is 0 Å². The maximum atomic E-state index is 5.60. The number of rotatable bonds is 1. The van der Waals surface area contributed by atoms with Gasteiger partial charge in [-0.1, -0.05) is 12.1 Å². The van der Waals surface area contributed by atoms with Gasteiger partial charge in [-0.3, -0.25) is 0 Å². The molecular formula is C11H11N3O. The zero-order valence-electron chi connectivity index (χ0n) is 8.16. The zero-order chi connectivity index (χ0) is 10.3. The van der Waals surface area contributed by atoms with Crippen LogP contribution >= 0.6 is 0 Å². The summed E-state index contributed by atoms with van der Waals surface area (Å²) in [5.41, 5.74) is 8.56. The highest BCUT2D eigenvalue weighted by molar-refractivity contribution is 5.70. The molecule has 0 saturated carbocycles. The molecule has 0 amide bonds. The van der Waals surface area contributed by atoms with Gasteiger partial charge in [0.2, 0.25) is 0 Å². The van der Waals surface area contributed by atoms with Gasteiger partial charge >= 0.3 is 0 Å². The van der Waals surface area contributed by atoms with E-state index in [1.165, 1.54) is 0 Å². The minimum Gasteiger partial charge on any atom is -0.487 e. The average Bonchev–Trinajstić information content (AvgIpc) is 2.72. The first kappa shape index (κ1) is 8.49. The smallest absolute Gasteiger partial charge is 0.130 e. The van der Waals surface area contributed by atoms with E-state index in [-0.39, 0.29) is 0 Å². The molecule has 1 aromatic heterocycles. The number of fused-ring (bicyclic) bond motifs is 3. The number of aromatic amines is 1. The van der Waals surface area contributed by atoms with Crippen LogP contribution < -0.4 is 10.5 Å². The second-order valence-electron chi connectivity index (χ2n) is 3.50. The molecule has 0 bridgehead atoms. The summed E-state index contributed by atoms with van der Waals surface area (Å²) >= 11 is 0. The molecule has 1 aliphatic heterocycles. The fraction of sp³-hybridized carbons (Fsp3) is 0.182. The Bertz CT molecular complexity index is 504. The van der Waals surface area contributed by atoms with Crippen molar-refractivity contribution in [2.24, 2.45) is 5.73 Å². The maximum Gasteiger partial charge on any atom is 0.130 e. The number of nitrogens with zero attached hydrogens (tertiary/aromatic N) is 1. The van der Waals surface area contributed by atoms with Gasteiger partial charge in [0.05, 0.1) is 17.9 Å². The Morgan fingerprint density at radius 2 is 2.27 bits per heavy atom. The van der Waals surface area contributed by atoms with Crippen LogP contribution in [0.15, 0.2) is 24.3 Å². The highest BCUT2D eigenvalue weighted by Crippen LogP contribution is 2.35. The number of para-hydroxylation sites is 1. The van der Waals surface area contributed by atoms with E-state index >= 15 is 0 Å². The van der Waals surface area contributed by atoms with Gasteiger partial charge in [0.25, 0.3) is 0 Å². The topological polar surface area (TPSA) is 63.9 Å². The Hall–Kier alpha value is -1.81. The maximum absolute atomic E-state index is 5.60. The van der Waals surface area contributed by atoms with Crippen molar-refractivity contribution in [3.63, 3.8) is 0 Å². The van der Waals surface area contributed by atoms with Gasteiger partial charge in [-0.25, -0.2) is 4.98 Å². The van der Waals surface area contributed by atoms with Crippen LogP contribution in [0, 0.1) is 0 Å². The fourth-order valence-corrected chi connectivity index (χ4v) is 1.83. The number of hydrogen-bond donors (Lipinski definition) is 2. The molecular weight excluding hydrogens is 190 g/mol. The summed E-state index contributed by atoms with van der Waals surface area (Å²) in [5.74, 6) is 1.69. The average molecular weight is 201 g/mol. The molecule has 0 fully saturated rings. The molecule has 2 aromatic rings. The van der Waals surface area contributed by atoms with E-state index in [1.54, 1.807) is 0 Å². The molecule has 0 atom stereocenters. The Labute approximate surface area is 87.1 Å². The lowest BCUT2D eigenvalue weighted by Gasteiger charge is -2.15.